The van der Waals surface area contributed by atoms with Gasteiger partial charge in [0.2, 0.25) is 5.91 Å². The van der Waals surface area contributed by atoms with Crippen molar-refractivity contribution in [2.45, 2.75) is 43.9 Å². The number of rotatable bonds is 2. The number of amides is 2. The number of hydrogen-bond acceptors (Lipinski definition) is 4. The molecule has 27 heavy (non-hydrogen) atoms. The zero-order chi connectivity index (χ0) is 18.9. The molecule has 2 heterocycles. The van der Waals surface area contributed by atoms with Crippen LogP contribution in [-0.4, -0.2) is 66.3 Å². The third-order valence-corrected chi connectivity index (χ3v) is 6.16. The molecule has 2 aliphatic heterocycles. The molecule has 2 saturated heterocycles. The lowest BCUT2D eigenvalue weighted by atomic mass is 9.89. The summed E-state index contributed by atoms with van der Waals surface area (Å²) in [4.78, 5) is 30.2. The maximum Gasteiger partial charge on any atom is 0.258 e. The van der Waals surface area contributed by atoms with Gasteiger partial charge in [-0.2, -0.15) is 0 Å². The molecule has 1 spiro atoms. The molecule has 1 aromatic carbocycles. The second-order valence-electron chi connectivity index (χ2n) is 7.43. The molecule has 0 aromatic heterocycles. The third kappa shape index (κ3) is 3.46. The summed E-state index contributed by atoms with van der Waals surface area (Å²) >= 11 is 6.30. The number of ether oxygens (including phenoxy) is 2. The second-order valence-corrected chi connectivity index (χ2v) is 7.83. The highest BCUT2D eigenvalue weighted by Crippen LogP contribution is 2.42. The molecule has 6 nitrogen and oxygen atoms in total. The summed E-state index contributed by atoms with van der Waals surface area (Å²) in [6.07, 6.45) is 4.63. The third-order valence-electron chi connectivity index (χ3n) is 5.83. The van der Waals surface area contributed by atoms with Gasteiger partial charge in [0.25, 0.3) is 5.91 Å². The summed E-state index contributed by atoms with van der Waals surface area (Å²) < 4.78 is 11.5. The molecule has 1 unspecified atom stereocenters. The highest BCUT2D eigenvalue weighted by Gasteiger charge is 2.53. The van der Waals surface area contributed by atoms with Crippen LogP contribution < -0.4 is 0 Å². The molecule has 1 atom stereocenters. The fourth-order valence-electron chi connectivity index (χ4n) is 4.42. The molecule has 0 bridgehead atoms. The first-order chi connectivity index (χ1) is 13.1. The van der Waals surface area contributed by atoms with Crippen LogP contribution in [0, 0.1) is 0 Å². The molecule has 146 valence electrons. The van der Waals surface area contributed by atoms with E-state index in [-0.39, 0.29) is 18.4 Å². The van der Waals surface area contributed by atoms with Gasteiger partial charge in [-0.05, 0) is 37.8 Å². The number of carbonyl (C=O) groups excluding carboxylic acids is 2. The average Bonchev–Trinajstić information content (AvgIpc) is 3.07. The van der Waals surface area contributed by atoms with Crippen molar-refractivity contribution in [1.82, 2.24) is 9.80 Å². The molecular weight excluding hydrogens is 368 g/mol. The van der Waals surface area contributed by atoms with Gasteiger partial charge in [-0.1, -0.05) is 30.2 Å². The summed E-state index contributed by atoms with van der Waals surface area (Å²) in [5.74, 6) is -0.271. The lowest BCUT2D eigenvalue weighted by Crippen LogP contribution is -2.58. The Morgan fingerprint density at radius 2 is 1.78 bits per heavy atom. The molecule has 4 rings (SSSR count). The zero-order valence-electron chi connectivity index (χ0n) is 15.4. The first-order valence-corrected chi connectivity index (χ1v) is 10.1. The van der Waals surface area contributed by atoms with Crippen molar-refractivity contribution < 1.29 is 19.1 Å². The SMILES string of the molecule is O=C(C1COC2(CCCCC2)N1C(=O)c1ccccc1Cl)N1CCOCC1. The molecule has 1 aromatic rings. The predicted octanol–water partition coefficient (Wildman–Crippen LogP) is 2.70. The molecule has 0 N–H and O–H groups in total. The van der Waals surface area contributed by atoms with E-state index >= 15 is 0 Å². The maximum atomic E-state index is 13.5. The molecular formula is C20H25ClN2O4. The summed E-state index contributed by atoms with van der Waals surface area (Å²) in [6, 6.07) is 6.41. The van der Waals surface area contributed by atoms with E-state index in [1.807, 2.05) is 0 Å². The zero-order valence-corrected chi connectivity index (χ0v) is 16.1. The first-order valence-electron chi connectivity index (χ1n) is 9.71. The van der Waals surface area contributed by atoms with Crippen molar-refractivity contribution >= 4 is 23.4 Å². The predicted molar refractivity (Wildman–Crippen MR) is 101 cm³/mol. The van der Waals surface area contributed by atoms with Crippen molar-refractivity contribution in [3.05, 3.63) is 34.9 Å². The van der Waals surface area contributed by atoms with Gasteiger partial charge in [0.05, 0.1) is 30.4 Å². The molecule has 2 amide bonds. The summed E-state index contributed by atoms with van der Waals surface area (Å²) in [7, 11) is 0. The van der Waals surface area contributed by atoms with Crippen molar-refractivity contribution in [2.24, 2.45) is 0 Å². The fourth-order valence-corrected chi connectivity index (χ4v) is 4.64. The van der Waals surface area contributed by atoms with Gasteiger partial charge in [-0.25, -0.2) is 0 Å². The number of halogens is 1. The molecule has 1 aliphatic carbocycles. The minimum Gasteiger partial charge on any atom is -0.378 e. The van der Waals surface area contributed by atoms with Crippen LogP contribution in [-0.2, 0) is 14.3 Å². The highest BCUT2D eigenvalue weighted by molar-refractivity contribution is 6.33. The van der Waals surface area contributed by atoms with E-state index in [1.165, 1.54) is 0 Å². The lowest BCUT2D eigenvalue weighted by molar-refractivity contribution is -0.141. The Balaban J connectivity index is 1.67. The van der Waals surface area contributed by atoms with Gasteiger partial charge in [0.15, 0.2) is 0 Å². The number of nitrogens with zero attached hydrogens (tertiary/aromatic N) is 2. The number of benzene rings is 1. The number of hydrogen-bond donors (Lipinski definition) is 0. The molecule has 3 aliphatic rings. The average molecular weight is 393 g/mol. The molecule has 0 radical (unpaired) electrons. The van der Waals surface area contributed by atoms with Crippen LogP contribution in [0.15, 0.2) is 24.3 Å². The van der Waals surface area contributed by atoms with E-state index in [9.17, 15) is 9.59 Å². The Bertz CT molecular complexity index is 714. The first kappa shape index (κ1) is 18.7. The van der Waals surface area contributed by atoms with Crippen LogP contribution in [0.4, 0.5) is 0 Å². The van der Waals surface area contributed by atoms with E-state index in [2.05, 4.69) is 0 Å². The second kappa shape index (κ2) is 7.78. The van der Waals surface area contributed by atoms with Crippen molar-refractivity contribution in [2.75, 3.05) is 32.9 Å². The van der Waals surface area contributed by atoms with Gasteiger partial charge in [0.1, 0.15) is 11.8 Å². The summed E-state index contributed by atoms with van der Waals surface area (Å²) in [5, 5.41) is 0.401. The lowest BCUT2D eigenvalue weighted by Gasteiger charge is -2.42. The normalized spacial score (nSPS) is 25.0. The van der Waals surface area contributed by atoms with E-state index in [1.54, 1.807) is 34.1 Å². The topological polar surface area (TPSA) is 59.1 Å². The summed E-state index contributed by atoms with van der Waals surface area (Å²) in [5.41, 5.74) is -0.268. The monoisotopic (exact) mass is 392 g/mol. The van der Waals surface area contributed by atoms with E-state index in [0.29, 0.717) is 36.9 Å². The van der Waals surface area contributed by atoms with Crippen LogP contribution >= 0.6 is 11.6 Å². The quantitative estimate of drug-likeness (QED) is 0.776. The van der Waals surface area contributed by atoms with Crippen molar-refractivity contribution in [3.63, 3.8) is 0 Å². The van der Waals surface area contributed by atoms with Gasteiger partial charge in [-0.3, -0.25) is 14.5 Å². The van der Waals surface area contributed by atoms with Gasteiger partial charge < -0.3 is 14.4 Å². The van der Waals surface area contributed by atoms with E-state index in [0.717, 1.165) is 32.1 Å². The Hall–Kier alpha value is -1.63. The van der Waals surface area contributed by atoms with E-state index < -0.39 is 11.8 Å². The Morgan fingerprint density at radius 3 is 2.48 bits per heavy atom. The minimum atomic E-state index is -0.693. The Morgan fingerprint density at radius 1 is 1.07 bits per heavy atom. The van der Waals surface area contributed by atoms with Crippen LogP contribution in [0.1, 0.15) is 42.5 Å². The number of carbonyl (C=O) groups is 2. The van der Waals surface area contributed by atoms with Gasteiger partial charge >= 0.3 is 0 Å². The summed E-state index contributed by atoms with van der Waals surface area (Å²) in [6.45, 7) is 2.41. The maximum absolute atomic E-state index is 13.5. The Labute approximate surface area is 164 Å². The van der Waals surface area contributed by atoms with Crippen LogP contribution in [0.3, 0.4) is 0 Å². The highest BCUT2D eigenvalue weighted by atomic mass is 35.5. The number of morpholine rings is 1. The molecule has 7 heteroatoms. The van der Waals surface area contributed by atoms with Gasteiger partial charge in [-0.15, -0.1) is 0 Å². The molecule has 1 saturated carbocycles. The largest absolute Gasteiger partial charge is 0.378 e. The minimum absolute atomic E-state index is 0.0545. The van der Waals surface area contributed by atoms with E-state index in [4.69, 9.17) is 21.1 Å². The standard InChI is InChI=1S/C20H25ClN2O4/c21-16-7-3-2-6-15(16)18(24)23-17(19(25)22-10-12-26-13-11-22)14-27-20(23)8-4-1-5-9-20/h2-3,6-7,17H,1,4-5,8-14H2. The smallest absolute Gasteiger partial charge is 0.258 e. The van der Waals surface area contributed by atoms with Crippen LogP contribution in [0.2, 0.25) is 5.02 Å². The van der Waals surface area contributed by atoms with Crippen molar-refractivity contribution in [1.29, 1.82) is 0 Å². The van der Waals surface area contributed by atoms with Gasteiger partial charge in [0, 0.05) is 13.1 Å². The molecule has 3 fully saturated rings. The van der Waals surface area contributed by atoms with Crippen molar-refractivity contribution in [3.8, 4) is 0 Å². The Kier molecular flexibility index (Phi) is 5.39. The fraction of sp³-hybridized carbons (Fsp3) is 0.600. The van der Waals surface area contributed by atoms with Crippen LogP contribution in [0.25, 0.3) is 0 Å². The van der Waals surface area contributed by atoms with Crippen LogP contribution in [0.5, 0.6) is 0 Å².